The van der Waals surface area contributed by atoms with E-state index >= 15 is 0 Å². The van der Waals surface area contributed by atoms with E-state index in [-0.39, 0.29) is 12.3 Å². The largest absolute Gasteiger partial charge is 0.356 e. The average molecular weight is 277 g/mol. The van der Waals surface area contributed by atoms with Crippen LogP contribution in [0.2, 0.25) is 5.02 Å². The van der Waals surface area contributed by atoms with E-state index in [1.54, 1.807) is 24.3 Å². The van der Waals surface area contributed by atoms with Crippen molar-refractivity contribution in [2.75, 3.05) is 6.54 Å². The lowest BCUT2D eigenvalue weighted by Crippen LogP contribution is -2.24. The summed E-state index contributed by atoms with van der Waals surface area (Å²) in [6, 6.07) is 8.97. The predicted octanol–water partition coefficient (Wildman–Crippen LogP) is 2.84. The molecule has 98 valence electrons. The lowest BCUT2D eigenvalue weighted by molar-refractivity contribution is -0.120. The summed E-state index contributed by atoms with van der Waals surface area (Å²) >= 11 is 5.81. The molecule has 0 radical (unpaired) electrons. The molecule has 5 heteroatoms. The fourth-order valence-corrected chi connectivity index (χ4v) is 1.68. The van der Waals surface area contributed by atoms with Gasteiger partial charge in [-0.3, -0.25) is 4.79 Å². The molecule has 0 aliphatic rings. The van der Waals surface area contributed by atoms with E-state index in [1.165, 1.54) is 0 Å². The quantitative estimate of drug-likeness (QED) is 0.855. The standard InChI is InChI=1S/C14H13ClN2O2/c1-2-7-16-14(18)9-12-8-13(19-17-12)10-3-5-11(15)6-4-10/h2-6,8H,1,7,9H2,(H,16,18). The first-order valence-electron chi connectivity index (χ1n) is 5.78. The molecule has 0 spiro atoms. The minimum absolute atomic E-state index is 0.115. The number of nitrogens with zero attached hydrogens (tertiary/aromatic N) is 1. The van der Waals surface area contributed by atoms with Gasteiger partial charge in [-0.05, 0) is 24.3 Å². The minimum Gasteiger partial charge on any atom is -0.356 e. The molecule has 0 fully saturated rings. The molecular formula is C14H13ClN2O2. The van der Waals surface area contributed by atoms with Crippen LogP contribution in [0, 0.1) is 0 Å². The molecule has 2 aromatic rings. The van der Waals surface area contributed by atoms with E-state index < -0.39 is 0 Å². The number of aromatic nitrogens is 1. The van der Waals surface area contributed by atoms with Crippen LogP contribution in [0.1, 0.15) is 5.69 Å². The number of rotatable bonds is 5. The molecule has 0 saturated carbocycles. The van der Waals surface area contributed by atoms with Crippen molar-refractivity contribution < 1.29 is 9.32 Å². The Morgan fingerprint density at radius 2 is 2.16 bits per heavy atom. The number of hydrogen-bond donors (Lipinski definition) is 1. The second-order valence-corrected chi connectivity index (χ2v) is 4.40. The maximum Gasteiger partial charge on any atom is 0.226 e. The third-order valence-corrected chi connectivity index (χ3v) is 2.72. The van der Waals surface area contributed by atoms with Gasteiger partial charge in [0.1, 0.15) is 0 Å². The molecule has 0 atom stereocenters. The Morgan fingerprint density at radius 1 is 1.42 bits per heavy atom. The van der Waals surface area contributed by atoms with Gasteiger partial charge in [-0.25, -0.2) is 0 Å². The van der Waals surface area contributed by atoms with Gasteiger partial charge >= 0.3 is 0 Å². The summed E-state index contributed by atoms with van der Waals surface area (Å²) < 4.78 is 5.20. The second-order valence-electron chi connectivity index (χ2n) is 3.96. The Balaban J connectivity index is 2.04. The van der Waals surface area contributed by atoms with Crippen molar-refractivity contribution in [3.8, 4) is 11.3 Å². The van der Waals surface area contributed by atoms with Gasteiger partial charge in [0.15, 0.2) is 5.76 Å². The highest BCUT2D eigenvalue weighted by atomic mass is 35.5. The van der Waals surface area contributed by atoms with Gasteiger partial charge in [0, 0.05) is 23.2 Å². The van der Waals surface area contributed by atoms with Gasteiger partial charge in [-0.1, -0.05) is 22.8 Å². The SMILES string of the molecule is C=CCNC(=O)Cc1cc(-c2ccc(Cl)cc2)on1. The highest BCUT2D eigenvalue weighted by molar-refractivity contribution is 6.30. The zero-order valence-electron chi connectivity index (χ0n) is 10.2. The number of nitrogens with one attached hydrogen (secondary N) is 1. The van der Waals surface area contributed by atoms with Crippen molar-refractivity contribution in [3.63, 3.8) is 0 Å². The van der Waals surface area contributed by atoms with Crippen molar-refractivity contribution in [3.05, 3.63) is 53.7 Å². The molecular weight excluding hydrogens is 264 g/mol. The Morgan fingerprint density at radius 3 is 2.84 bits per heavy atom. The average Bonchev–Trinajstić information content (AvgIpc) is 2.85. The first-order valence-corrected chi connectivity index (χ1v) is 6.16. The summed E-state index contributed by atoms with van der Waals surface area (Å²) in [7, 11) is 0. The molecule has 4 nitrogen and oxygen atoms in total. The molecule has 1 heterocycles. The molecule has 0 bridgehead atoms. The number of carbonyl (C=O) groups is 1. The summed E-state index contributed by atoms with van der Waals surface area (Å²) in [5, 5.41) is 7.21. The lowest BCUT2D eigenvalue weighted by atomic mass is 10.1. The monoisotopic (exact) mass is 276 g/mol. The van der Waals surface area contributed by atoms with Crippen LogP contribution in [0.4, 0.5) is 0 Å². The minimum atomic E-state index is -0.115. The number of carbonyl (C=O) groups excluding carboxylic acids is 1. The summed E-state index contributed by atoms with van der Waals surface area (Å²) in [5.41, 5.74) is 1.46. The van der Waals surface area contributed by atoms with Crippen LogP contribution in [0.15, 0.2) is 47.5 Å². The summed E-state index contributed by atoms with van der Waals surface area (Å²) in [5.74, 6) is 0.499. The number of hydrogen-bond acceptors (Lipinski definition) is 3. The fraction of sp³-hybridized carbons (Fsp3) is 0.143. The third-order valence-electron chi connectivity index (χ3n) is 2.47. The van der Waals surface area contributed by atoms with Crippen LogP contribution in [-0.4, -0.2) is 17.6 Å². The Hall–Kier alpha value is -2.07. The summed E-state index contributed by atoms with van der Waals surface area (Å²) in [6.07, 6.45) is 1.81. The van der Waals surface area contributed by atoms with Crippen LogP contribution in [0.25, 0.3) is 11.3 Å². The fourth-order valence-electron chi connectivity index (χ4n) is 1.56. The second kappa shape index (κ2) is 6.20. The maximum atomic E-state index is 11.5. The van der Waals surface area contributed by atoms with Gasteiger partial charge in [-0.2, -0.15) is 0 Å². The van der Waals surface area contributed by atoms with E-state index in [4.69, 9.17) is 16.1 Å². The van der Waals surface area contributed by atoms with Gasteiger partial charge < -0.3 is 9.84 Å². The lowest BCUT2D eigenvalue weighted by Gasteiger charge is -1.97. The topological polar surface area (TPSA) is 55.1 Å². The van der Waals surface area contributed by atoms with Crippen LogP contribution in [0.5, 0.6) is 0 Å². The number of amides is 1. The number of halogens is 1. The smallest absolute Gasteiger partial charge is 0.226 e. The molecule has 2 rings (SSSR count). The Labute approximate surface area is 116 Å². The highest BCUT2D eigenvalue weighted by Crippen LogP contribution is 2.22. The third kappa shape index (κ3) is 3.69. The van der Waals surface area contributed by atoms with Crippen molar-refractivity contribution in [2.24, 2.45) is 0 Å². The molecule has 1 aromatic carbocycles. The molecule has 1 amide bonds. The molecule has 1 N–H and O–H groups in total. The van der Waals surface area contributed by atoms with Crippen molar-refractivity contribution in [2.45, 2.75) is 6.42 Å². The van der Waals surface area contributed by atoms with Crippen LogP contribution < -0.4 is 5.32 Å². The first-order chi connectivity index (χ1) is 9.19. The molecule has 0 aliphatic carbocycles. The van der Waals surface area contributed by atoms with Gasteiger partial charge in [0.05, 0.1) is 12.1 Å². The van der Waals surface area contributed by atoms with E-state index in [1.807, 2.05) is 12.1 Å². The molecule has 0 unspecified atom stereocenters. The Bertz CT molecular complexity index is 575. The first kappa shape index (κ1) is 13.4. The van der Waals surface area contributed by atoms with Crippen molar-refractivity contribution in [1.29, 1.82) is 0 Å². The molecule has 1 aromatic heterocycles. The van der Waals surface area contributed by atoms with E-state index in [2.05, 4.69) is 17.1 Å². The number of benzene rings is 1. The van der Waals surface area contributed by atoms with Gasteiger partial charge in [0.25, 0.3) is 0 Å². The maximum absolute atomic E-state index is 11.5. The van der Waals surface area contributed by atoms with Crippen LogP contribution in [0.3, 0.4) is 0 Å². The summed E-state index contributed by atoms with van der Waals surface area (Å²) in [6.45, 7) is 3.98. The zero-order chi connectivity index (χ0) is 13.7. The normalized spacial score (nSPS) is 10.2. The van der Waals surface area contributed by atoms with Crippen LogP contribution in [-0.2, 0) is 11.2 Å². The highest BCUT2D eigenvalue weighted by Gasteiger charge is 2.10. The van der Waals surface area contributed by atoms with Crippen molar-refractivity contribution in [1.82, 2.24) is 10.5 Å². The molecule has 0 saturated heterocycles. The Kier molecular flexibility index (Phi) is 4.36. The van der Waals surface area contributed by atoms with E-state index in [0.29, 0.717) is 23.0 Å². The van der Waals surface area contributed by atoms with Gasteiger partial charge in [0.2, 0.25) is 5.91 Å². The van der Waals surface area contributed by atoms with Crippen LogP contribution >= 0.6 is 11.6 Å². The molecule has 0 aliphatic heterocycles. The van der Waals surface area contributed by atoms with Gasteiger partial charge in [-0.15, -0.1) is 6.58 Å². The van der Waals surface area contributed by atoms with E-state index in [9.17, 15) is 4.79 Å². The van der Waals surface area contributed by atoms with E-state index in [0.717, 1.165) is 5.56 Å². The van der Waals surface area contributed by atoms with Crippen molar-refractivity contribution >= 4 is 17.5 Å². The predicted molar refractivity (Wildman–Crippen MR) is 73.9 cm³/mol. The molecule has 19 heavy (non-hydrogen) atoms. The zero-order valence-corrected chi connectivity index (χ0v) is 11.0. The summed E-state index contributed by atoms with van der Waals surface area (Å²) in [4.78, 5) is 11.5.